The van der Waals surface area contributed by atoms with Gasteiger partial charge < -0.3 is 5.32 Å². The normalized spacial score (nSPS) is 10.7. The fraction of sp³-hybridized carbons (Fsp3) is 0.0500. The van der Waals surface area contributed by atoms with Crippen molar-refractivity contribution in [2.75, 3.05) is 5.32 Å². The topological polar surface area (TPSA) is 55.6 Å². The second-order valence-electron chi connectivity index (χ2n) is 5.75. The average molecular weight is 345 g/mol. The molecule has 0 bridgehead atoms. The molecule has 0 aliphatic heterocycles. The van der Waals surface area contributed by atoms with Crippen molar-refractivity contribution in [3.05, 3.63) is 90.6 Å². The van der Waals surface area contributed by atoms with Gasteiger partial charge in [0.1, 0.15) is 5.82 Å². The molecule has 2 aromatic carbocycles. The van der Waals surface area contributed by atoms with E-state index >= 15 is 0 Å². The highest BCUT2D eigenvalue weighted by molar-refractivity contribution is 5.58. The van der Waals surface area contributed by atoms with Crippen molar-refractivity contribution < 1.29 is 4.39 Å². The number of anilines is 1. The van der Waals surface area contributed by atoms with Gasteiger partial charge in [0, 0.05) is 24.5 Å². The number of hydrogen-bond donors (Lipinski definition) is 1. The summed E-state index contributed by atoms with van der Waals surface area (Å²) in [6, 6.07) is 18.1. The minimum absolute atomic E-state index is 0.272. The fourth-order valence-corrected chi connectivity index (χ4v) is 2.57. The van der Waals surface area contributed by atoms with Crippen LogP contribution in [0.2, 0.25) is 0 Å². The van der Waals surface area contributed by atoms with Gasteiger partial charge >= 0.3 is 0 Å². The van der Waals surface area contributed by atoms with Crippen LogP contribution in [-0.2, 0) is 6.54 Å². The first-order valence-corrected chi connectivity index (χ1v) is 8.20. The molecule has 0 amide bonds. The third kappa shape index (κ3) is 3.59. The highest BCUT2D eigenvalue weighted by Gasteiger charge is 2.07. The molecule has 4 rings (SSSR count). The third-order valence-electron chi connectivity index (χ3n) is 3.92. The summed E-state index contributed by atoms with van der Waals surface area (Å²) in [6.07, 6.45) is 5.30. The van der Waals surface area contributed by atoms with Crippen LogP contribution in [0, 0.1) is 5.82 Å². The van der Waals surface area contributed by atoms with Gasteiger partial charge in [-0.25, -0.2) is 19.0 Å². The lowest BCUT2D eigenvalue weighted by Crippen LogP contribution is -2.03. The Hall–Kier alpha value is -3.54. The second-order valence-corrected chi connectivity index (χ2v) is 5.75. The molecule has 0 spiro atoms. The van der Waals surface area contributed by atoms with Crippen molar-refractivity contribution in [1.29, 1.82) is 0 Å². The van der Waals surface area contributed by atoms with E-state index in [1.807, 2.05) is 42.6 Å². The van der Waals surface area contributed by atoms with E-state index in [1.54, 1.807) is 29.2 Å². The summed E-state index contributed by atoms with van der Waals surface area (Å²) in [7, 11) is 0. The Balaban J connectivity index is 1.52. The third-order valence-corrected chi connectivity index (χ3v) is 3.92. The number of benzene rings is 2. The highest BCUT2D eigenvalue weighted by Crippen LogP contribution is 2.19. The zero-order valence-electron chi connectivity index (χ0n) is 13.9. The van der Waals surface area contributed by atoms with Crippen LogP contribution in [0.25, 0.3) is 16.9 Å². The molecule has 5 nitrogen and oxygen atoms in total. The minimum atomic E-state index is -0.272. The van der Waals surface area contributed by atoms with Crippen LogP contribution >= 0.6 is 0 Å². The Bertz CT molecular complexity index is 996. The zero-order valence-corrected chi connectivity index (χ0v) is 13.9. The lowest BCUT2D eigenvalue weighted by atomic mass is 10.2. The van der Waals surface area contributed by atoms with E-state index in [9.17, 15) is 4.39 Å². The van der Waals surface area contributed by atoms with E-state index in [0.717, 1.165) is 22.5 Å². The average Bonchev–Trinajstić information content (AvgIpc) is 3.18. The first-order valence-electron chi connectivity index (χ1n) is 8.20. The van der Waals surface area contributed by atoms with Crippen LogP contribution in [0.15, 0.2) is 79.3 Å². The summed E-state index contributed by atoms with van der Waals surface area (Å²) in [5.41, 5.74) is 3.57. The van der Waals surface area contributed by atoms with Crippen LogP contribution in [0.1, 0.15) is 5.56 Å². The Morgan fingerprint density at radius 1 is 0.962 bits per heavy atom. The summed E-state index contributed by atoms with van der Waals surface area (Å²) in [6.45, 7) is 0.652. The van der Waals surface area contributed by atoms with E-state index in [1.165, 1.54) is 12.1 Å². The van der Waals surface area contributed by atoms with Crippen LogP contribution in [0.4, 0.5) is 10.3 Å². The maximum atomic E-state index is 13.1. The molecule has 0 aliphatic rings. The van der Waals surface area contributed by atoms with Crippen LogP contribution in [0.3, 0.4) is 0 Å². The summed E-state index contributed by atoms with van der Waals surface area (Å²) in [5.74, 6) is 0.284. The van der Waals surface area contributed by atoms with Crippen molar-refractivity contribution in [1.82, 2.24) is 19.7 Å². The maximum absolute atomic E-state index is 13.1. The van der Waals surface area contributed by atoms with Gasteiger partial charge in [0.15, 0.2) is 0 Å². The fourth-order valence-electron chi connectivity index (χ4n) is 2.57. The predicted molar refractivity (Wildman–Crippen MR) is 98.3 cm³/mol. The molecule has 26 heavy (non-hydrogen) atoms. The molecule has 128 valence electrons. The predicted octanol–water partition coefficient (Wildman–Crippen LogP) is 4.08. The number of aromatic nitrogens is 4. The molecule has 0 fully saturated rings. The van der Waals surface area contributed by atoms with E-state index in [2.05, 4.69) is 20.4 Å². The maximum Gasteiger partial charge on any atom is 0.223 e. The molecular formula is C20H16FN5. The van der Waals surface area contributed by atoms with Gasteiger partial charge in [-0.15, -0.1) is 0 Å². The molecular weight excluding hydrogens is 329 g/mol. The monoisotopic (exact) mass is 345 g/mol. The van der Waals surface area contributed by atoms with Gasteiger partial charge in [-0.2, -0.15) is 5.10 Å². The van der Waals surface area contributed by atoms with Gasteiger partial charge in [0.2, 0.25) is 5.95 Å². The lowest BCUT2D eigenvalue weighted by molar-refractivity contribution is 0.627. The first kappa shape index (κ1) is 16.0. The molecule has 0 atom stereocenters. The van der Waals surface area contributed by atoms with Gasteiger partial charge in [-0.3, -0.25) is 0 Å². The SMILES string of the molecule is Fc1ccc(-n2cc(-c3ccnc(NCc4ccccc4)n3)cn2)cc1. The first-order chi connectivity index (χ1) is 12.8. The second kappa shape index (κ2) is 7.14. The quantitative estimate of drug-likeness (QED) is 0.592. The Morgan fingerprint density at radius 3 is 2.58 bits per heavy atom. The molecule has 0 unspecified atom stereocenters. The van der Waals surface area contributed by atoms with Gasteiger partial charge in [0.25, 0.3) is 0 Å². The molecule has 0 saturated carbocycles. The number of nitrogens with zero attached hydrogens (tertiary/aromatic N) is 4. The number of rotatable bonds is 5. The van der Waals surface area contributed by atoms with E-state index < -0.39 is 0 Å². The van der Waals surface area contributed by atoms with Crippen molar-refractivity contribution in [2.45, 2.75) is 6.54 Å². The van der Waals surface area contributed by atoms with Crippen LogP contribution < -0.4 is 5.32 Å². The molecule has 0 aliphatic carbocycles. The summed E-state index contributed by atoms with van der Waals surface area (Å²) < 4.78 is 14.7. The molecule has 2 aromatic heterocycles. The minimum Gasteiger partial charge on any atom is -0.350 e. The smallest absolute Gasteiger partial charge is 0.223 e. The summed E-state index contributed by atoms with van der Waals surface area (Å²) >= 11 is 0. The van der Waals surface area contributed by atoms with Gasteiger partial charge in [-0.05, 0) is 35.9 Å². The van der Waals surface area contributed by atoms with Crippen molar-refractivity contribution in [2.24, 2.45) is 0 Å². The van der Waals surface area contributed by atoms with Crippen molar-refractivity contribution in [3.63, 3.8) is 0 Å². The summed E-state index contributed by atoms with van der Waals surface area (Å²) in [5, 5.41) is 7.55. The van der Waals surface area contributed by atoms with Gasteiger partial charge in [0.05, 0.1) is 17.6 Å². The zero-order chi connectivity index (χ0) is 17.8. The van der Waals surface area contributed by atoms with Gasteiger partial charge in [-0.1, -0.05) is 30.3 Å². The molecule has 6 heteroatoms. The van der Waals surface area contributed by atoms with E-state index in [4.69, 9.17) is 0 Å². The lowest BCUT2D eigenvalue weighted by Gasteiger charge is -2.05. The van der Waals surface area contributed by atoms with Crippen LogP contribution in [-0.4, -0.2) is 19.7 Å². The number of halogens is 1. The van der Waals surface area contributed by atoms with E-state index in [0.29, 0.717) is 12.5 Å². The molecule has 2 heterocycles. The Kier molecular flexibility index (Phi) is 4.38. The largest absolute Gasteiger partial charge is 0.350 e. The molecule has 0 saturated heterocycles. The molecule has 1 N–H and O–H groups in total. The molecule has 4 aromatic rings. The molecule has 0 radical (unpaired) electrons. The Morgan fingerprint density at radius 2 is 1.77 bits per heavy atom. The number of hydrogen-bond acceptors (Lipinski definition) is 4. The van der Waals surface area contributed by atoms with Crippen molar-refractivity contribution >= 4 is 5.95 Å². The van der Waals surface area contributed by atoms with Crippen LogP contribution in [0.5, 0.6) is 0 Å². The number of nitrogens with one attached hydrogen (secondary N) is 1. The van der Waals surface area contributed by atoms with Crippen molar-refractivity contribution in [3.8, 4) is 16.9 Å². The highest BCUT2D eigenvalue weighted by atomic mass is 19.1. The summed E-state index contributed by atoms with van der Waals surface area (Å²) in [4.78, 5) is 8.81. The van der Waals surface area contributed by atoms with E-state index in [-0.39, 0.29) is 5.82 Å². The standard InChI is InChI=1S/C20H16FN5/c21-17-6-8-18(9-7-17)26-14-16(13-24-26)19-10-11-22-20(25-19)23-12-15-4-2-1-3-5-15/h1-11,13-14H,12H2,(H,22,23,25). The Labute approximate surface area is 150 Å².